The quantitative estimate of drug-likeness (QED) is 0.241. The fraction of sp³-hybridized carbons (Fsp3) is 0.185. The van der Waals surface area contributed by atoms with Crippen LogP contribution in [0.3, 0.4) is 0 Å². The molecule has 1 aromatic heterocycles. The fourth-order valence-electron chi connectivity index (χ4n) is 3.92. The van der Waals surface area contributed by atoms with Gasteiger partial charge >= 0.3 is 0 Å². The summed E-state index contributed by atoms with van der Waals surface area (Å²) in [6.07, 6.45) is 2.65. The molecule has 1 heterocycles. The molecule has 0 radical (unpaired) electrons. The number of amides is 1. The van der Waals surface area contributed by atoms with E-state index in [1.165, 1.54) is 6.20 Å². The SMILES string of the molecule is CC(C)(Cc1ccccc1)C(NC(=O)c1cc(F)cc(F)c1)Nc1c(Nc2cccnc2)c(=O)c1=O. The van der Waals surface area contributed by atoms with Gasteiger partial charge < -0.3 is 16.0 Å². The molecule has 1 unspecified atom stereocenters. The van der Waals surface area contributed by atoms with Crippen LogP contribution in [0.1, 0.15) is 29.8 Å². The smallest absolute Gasteiger partial charge is 0.253 e. The zero-order chi connectivity index (χ0) is 25.9. The van der Waals surface area contributed by atoms with E-state index < -0.39 is 40.0 Å². The summed E-state index contributed by atoms with van der Waals surface area (Å²) < 4.78 is 27.5. The predicted molar refractivity (Wildman–Crippen MR) is 134 cm³/mol. The minimum atomic E-state index is -0.894. The zero-order valence-electron chi connectivity index (χ0n) is 19.6. The number of pyridine rings is 1. The van der Waals surface area contributed by atoms with Crippen molar-refractivity contribution in [1.29, 1.82) is 0 Å². The molecule has 4 aromatic rings. The molecule has 0 saturated heterocycles. The summed E-state index contributed by atoms with van der Waals surface area (Å²) in [5.41, 5.74) is -0.860. The van der Waals surface area contributed by atoms with Crippen molar-refractivity contribution >= 4 is 23.0 Å². The lowest BCUT2D eigenvalue weighted by molar-refractivity contribution is 0.0906. The second-order valence-corrected chi connectivity index (χ2v) is 9.13. The van der Waals surface area contributed by atoms with Gasteiger partial charge in [0.05, 0.1) is 11.9 Å². The molecule has 4 rings (SSSR count). The van der Waals surface area contributed by atoms with Crippen LogP contribution < -0.4 is 26.8 Å². The number of benzene rings is 2. The van der Waals surface area contributed by atoms with E-state index >= 15 is 0 Å². The van der Waals surface area contributed by atoms with Gasteiger partial charge in [-0.2, -0.15) is 0 Å². The molecule has 0 aliphatic carbocycles. The van der Waals surface area contributed by atoms with Gasteiger partial charge in [0.1, 0.15) is 29.2 Å². The van der Waals surface area contributed by atoms with Gasteiger partial charge in [-0.15, -0.1) is 0 Å². The molecular formula is C27H24F2N4O3. The largest absolute Gasteiger partial charge is 0.360 e. The summed E-state index contributed by atoms with van der Waals surface area (Å²) in [5.74, 6) is -2.52. The first-order chi connectivity index (χ1) is 17.1. The number of anilines is 3. The average Bonchev–Trinajstić information content (AvgIpc) is 2.85. The molecule has 3 aromatic carbocycles. The van der Waals surface area contributed by atoms with Crippen LogP contribution in [0.4, 0.5) is 25.8 Å². The van der Waals surface area contributed by atoms with E-state index in [-0.39, 0.29) is 16.9 Å². The lowest BCUT2D eigenvalue weighted by atomic mass is 9.82. The van der Waals surface area contributed by atoms with E-state index in [1.807, 2.05) is 44.2 Å². The maximum atomic E-state index is 13.7. The van der Waals surface area contributed by atoms with Gasteiger partial charge in [-0.1, -0.05) is 44.2 Å². The van der Waals surface area contributed by atoms with E-state index in [0.717, 1.165) is 17.7 Å². The molecule has 7 nitrogen and oxygen atoms in total. The predicted octanol–water partition coefficient (Wildman–Crippen LogP) is 4.14. The standard InChI is InChI=1S/C27H24F2N4O3/c1-27(2,14-16-7-4-3-5-8-16)26(33-25(36)17-11-18(28)13-19(29)12-17)32-22-21(23(34)24(22)35)31-20-9-6-10-30-15-20/h3-13,15,26,31-32H,14H2,1-2H3,(H,33,36). The summed E-state index contributed by atoms with van der Waals surface area (Å²) in [5, 5.41) is 8.63. The molecule has 36 heavy (non-hydrogen) atoms. The van der Waals surface area contributed by atoms with Gasteiger partial charge in [0.2, 0.25) is 0 Å². The van der Waals surface area contributed by atoms with Gasteiger partial charge in [0.15, 0.2) is 0 Å². The van der Waals surface area contributed by atoms with Crippen molar-refractivity contribution in [2.45, 2.75) is 26.4 Å². The molecule has 0 aliphatic heterocycles. The molecule has 0 saturated carbocycles. The molecule has 1 atom stereocenters. The Morgan fingerprint density at radius 1 is 0.944 bits per heavy atom. The summed E-state index contributed by atoms with van der Waals surface area (Å²) >= 11 is 0. The van der Waals surface area contributed by atoms with Crippen LogP contribution in [-0.4, -0.2) is 17.1 Å². The third-order valence-electron chi connectivity index (χ3n) is 5.81. The number of carbonyl (C=O) groups excluding carboxylic acids is 1. The number of nitrogens with one attached hydrogen (secondary N) is 3. The van der Waals surface area contributed by atoms with Crippen molar-refractivity contribution in [1.82, 2.24) is 10.3 Å². The first kappa shape index (κ1) is 24.7. The molecule has 9 heteroatoms. The molecule has 0 aliphatic rings. The Kier molecular flexibility index (Phi) is 6.91. The number of aromatic nitrogens is 1. The first-order valence-corrected chi connectivity index (χ1v) is 11.2. The molecule has 1 amide bonds. The van der Waals surface area contributed by atoms with E-state index in [2.05, 4.69) is 20.9 Å². The van der Waals surface area contributed by atoms with E-state index in [4.69, 9.17) is 0 Å². The Morgan fingerprint density at radius 3 is 2.25 bits per heavy atom. The van der Waals surface area contributed by atoms with Crippen molar-refractivity contribution in [2.75, 3.05) is 10.6 Å². The van der Waals surface area contributed by atoms with Crippen molar-refractivity contribution in [3.05, 3.63) is 116 Å². The number of halogens is 2. The minimum Gasteiger partial charge on any atom is -0.360 e. The second kappa shape index (κ2) is 10.1. The minimum absolute atomic E-state index is 0.000660. The van der Waals surface area contributed by atoms with Crippen LogP contribution >= 0.6 is 0 Å². The van der Waals surface area contributed by atoms with Crippen LogP contribution in [0.2, 0.25) is 0 Å². The second-order valence-electron chi connectivity index (χ2n) is 9.13. The zero-order valence-corrected chi connectivity index (χ0v) is 19.6. The number of hydrogen-bond acceptors (Lipinski definition) is 6. The van der Waals surface area contributed by atoms with Gasteiger partial charge in [0.25, 0.3) is 16.8 Å². The number of carbonyl (C=O) groups is 1. The van der Waals surface area contributed by atoms with Gasteiger partial charge in [-0.05, 0) is 36.2 Å². The van der Waals surface area contributed by atoms with Crippen LogP contribution in [0, 0.1) is 17.0 Å². The third kappa shape index (κ3) is 5.46. The Labute approximate surface area is 205 Å². The van der Waals surface area contributed by atoms with Crippen molar-refractivity contribution < 1.29 is 13.6 Å². The van der Waals surface area contributed by atoms with Crippen molar-refractivity contribution in [2.24, 2.45) is 5.41 Å². The maximum absolute atomic E-state index is 13.7. The third-order valence-corrected chi connectivity index (χ3v) is 5.81. The topological polar surface area (TPSA) is 100 Å². The fourth-order valence-corrected chi connectivity index (χ4v) is 3.92. The summed E-state index contributed by atoms with van der Waals surface area (Å²) in [6, 6.07) is 15.4. The number of nitrogens with zero attached hydrogens (tertiary/aromatic N) is 1. The first-order valence-electron chi connectivity index (χ1n) is 11.2. The van der Waals surface area contributed by atoms with Crippen LogP contribution in [0.25, 0.3) is 0 Å². The van der Waals surface area contributed by atoms with Crippen LogP contribution in [0.5, 0.6) is 0 Å². The molecule has 184 valence electrons. The lowest BCUT2D eigenvalue weighted by Gasteiger charge is -2.37. The summed E-state index contributed by atoms with van der Waals surface area (Å²) in [6.45, 7) is 3.73. The molecule has 3 N–H and O–H groups in total. The molecular weight excluding hydrogens is 466 g/mol. The van der Waals surface area contributed by atoms with Gasteiger partial charge in [0, 0.05) is 23.2 Å². The number of hydrogen-bond donors (Lipinski definition) is 3. The Hall–Kier alpha value is -4.40. The molecule has 0 bridgehead atoms. The van der Waals surface area contributed by atoms with Crippen molar-refractivity contribution in [3.63, 3.8) is 0 Å². The molecule has 0 fully saturated rings. The van der Waals surface area contributed by atoms with E-state index in [1.54, 1.807) is 18.3 Å². The highest BCUT2D eigenvalue weighted by molar-refractivity contribution is 5.94. The van der Waals surface area contributed by atoms with E-state index in [9.17, 15) is 23.2 Å². The highest BCUT2D eigenvalue weighted by atomic mass is 19.1. The Morgan fingerprint density at radius 2 is 1.61 bits per heavy atom. The lowest BCUT2D eigenvalue weighted by Crippen LogP contribution is -2.53. The van der Waals surface area contributed by atoms with Crippen molar-refractivity contribution in [3.8, 4) is 0 Å². The summed E-state index contributed by atoms with van der Waals surface area (Å²) in [4.78, 5) is 41.8. The highest BCUT2D eigenvalue weighted by Crippen LogP contribution is 2.30. The van der Waals surface area contributed by atoms with Crippen LogP contribution in [-0.2, 0) is 6.42 Å². The monoisotopic (exact) mass is 490 g/mol. The average molecular weight is 491 g/mol. The maximum Gasteiger partial charge on any atom is 0.253 e. The van der Waals surface area contributed by atoms with E-state index in [0.29, 0.717) is 18.2 Å². The van der Waals surface area contributed by atoms with Crippen LogP contribution in [0.15, 0.2) is 82.6 Å². The number of rotatable bonds is 9. The highest BCUT2D eigenvalue weighted by Gasteiger charge is 2.34. The Balaban J connectivity index is 1.66. The molecule has 0 spiro atoms. The Bertz CT molecular complexity index is 1430. The van der Waals surface area contributed by atoms with Gasteiger partial charge in [-0.3, -0.25) is 19.4 Å². The van der Waals surface area contributed by atoms with Gasteiger partial charge in [-0.25, -0.2) is 8.78 Å². The summed E-state index contributed by atoms with van der Waals surface area (Å²) in [7, 11) is 0. The normalized spacial score (nSPS) is 12.2.